The molecule has 0 aliphatic heterocycles. The molecule has 2 N–H and O–H groups in total. The summed E-state index contributed by atoms with van der Waals surface area (Å²) in [4.78, 5) is 27.2. The predicted molar refractivity (Wildman–Crippen MR) is 159 cm³/mol. The van der Waals surface area contributed by atoms with Crippen LogP contribution in [0.2, 0.25) is 0 Å². The lowest BCUT2D eigenvalue weighted by molar-refractivity contribution is -0.274. The van der Waals surface area contributed by atoms with Crippen molar-refractivity contribution in [2.24, 2.45) is 0 Å². The fourth-order valence-electron chi connectivity index (χ4n) is 4.00. The lowest BCUT2D eigenvalue weighted by Crippen LogP contribution is -2.38. The van der Waals surface area contributed by atoms with E-state index in [9.17, 15) is 27.9 Å². The molecule has 0 spiro atoms. The van der Waals surface area contributed by atoms with Gasteiger partial charge in [-0.15, -0.1) is 24.9 Å². The maximum Gasteiger partial charge on any atom is 0.573 e. The fraction of sp³-hybridized carbons (Fsp3) is 0.355. The van der Waals surface area contributed by atoms with Crippen LogP contribution in [0.25, 0.3) is 0 Å². The second kappa shape index (κ2) is 17.3. The van der Waals surface area contributed by atoms with E-state index in [1.807, 2.05) is 30.3 Å². The summed E-state index contributed by atoms with van der Waals surface area (Å²) in [5.41, 5.74) is 1.11. The molecule has 0 saturated carbocycles. The van der Waals surface area contributed by atoms with Crippen molar-refractivity contribution in [3.63, 3.8) is 0 Å². The third kappa shape index (κ3) is 12.9. The van der Waals surface area contributed by atoms with Crippen LogP contribution in [0.1, 0.15) is 25.3 Å². The van der Waals surface area contributed by atoms with Crippen LogP contribution >= 0.6 is 11.8 Å². The van der Waals surface area contributed by atoms with Crippen LogP contribution in [0.3, 0.4) is 0 Å². The summed E-state index contributed by atoms with van der Waals surface area (Å²) in [6, 6.07) is 21.6. The highest BCUT2D eigenvalue weighted by Crippen LogP contribution is 2.24. The third-order valence-electron chi connectivity index (χ3n) is 6.08. The number of benzene rings is 3. The molecule has 12 heteroatoms. The van der Waals surface area contributed by atoms with E-state index in [1.165, 1.54) is 17.0 Å². The van der Waals surface area contributed by atoms with E-state index in [0.717, 1.165) is 36.3 Å². The normalized spacial score (nSPS) is 11.9. The molecule has 0 bridgehead atoms. The minimum atomic E-state index is -4.80. The van der Waals surface area contributed by atoms with Crippen molar-refractivity contribution in [1.82, 2.24) is 4.90 Å². The van der Waals surface area contributed by atoms with Gasteiger partial charge in [0.25, 0.3) is 0 Å². The Balaban J connectivity index is 1.54. The molecule has 3 rings (SSSR count). The average Bonchev–Trinajstić information content (AvgIpc) is 2.97. The first-order chi connectivity index (χ1) is 20.6. The Hall–Kier alpha value is -3.90. The predicted octanol–water partition coefficient (Wildman–Crippen LogP) is 7.10. The summed E-state index contributed by atoms with van der Waals surface area (Å²) in [6.07, 6.45) is -3.89. The maximum absolute atomic E-state index is 13.1. The number of nitrogens with zero attached hydrogens (tertiary/aromatic N) is 1. The number of unbranched alkanes of at least 4 members (excludes halogenated alkanes) is 1. The smallest absolute Gasteiger partial charge is 0.492 e. The van der Waals surface area contributed by atoms with Crippen LogP contribution in [0.4, 0.5) is 23.7 Å². The molecule has 0 aliphatic carbocycles. The van der Waals surface area contributed by atoms with Crippen molar-refractivity contribution >= 4 is 29.4 Å². The number of rotatable bonds is 17. The standard InChI is InChI=1S/C31H35F3N2O6S/c1-2-40-28(29(37)38)22-23-10-14-25(15-11-23)41-20-19-36(18-6-7-21-43-27-8-4-3-5-9-27)30(39)35-24-12-16-26(17-13-24)42-31(32,33)34/h3-5,8-17,28H,2,6-7,18-22H2,1H3,(H,35,39)(H,37,38). The number of hydrogen-bond donors (Lipinski definition) is 2. The molecule has 3 aromatic carbocycles. The Morgan fingerprint density at radius 3 is 2.23 bits per heavy atom. The molecule has 0 saturated heterocycles. The van der Waals surface area contributed by atoms with Crippen LogP contribution in [0.15, 0.2) is 83.8 Å². The van der Waals surface area contributed by atoms with Crippen molar-refractivity contribution in [3.8, 4) is 11.5 Å². The van der Waals surface area contributed by atoms with E-state index >= 15 is 0 Å². The van der Waals surface area contributed by atoms with Gasteiger partial charge in [-0.25, -0.2) is 9.59 Å². The number of carboxylic acids is 1. The molecule has 0 fully saturated rings. The van der Waals surface area contributed by atoms with E-state index in [4.69, 9.17) is 9.47 Å². The van der Waals surface area contributed by atoms with Crippen molar-refractivity contribution in [2.75, 3.05) is 37.4 Å². The van der Waals surface area contributed by atoms with Gasteiger partial charge in [0, 0.05) is 30.2 Å². The number of aliphatic carboxylic acids is 1. The van der Waals surface area contributed by atoms with Crippen LogP contribution in [0.5, 0.6) is 11.5 Å². The van der Waals surface area contributed by atoms with Gasteiger partial charge in [-0.3, -0.25) is 0 Å². The first kappa shape index (κ1) is 33.6. The highest BCUT2D eigenvalue weighted by Gasteiger charge is 2.31. The van der Waals surface area contributed by atoms with Gasteiger partial charge >= 0.3 is 18.4 Å². The zero-order valence-electron chi connectivity index (χ0n) is 23.7. The number of ether oxygens (including phenoxy) is 3. The Labute approximate surface area is 253 Å². The van der Waals surface area contributed by atoms with Crippen LogP contribution in [-0.4, -0.2) is 66.5 Å². The largest absolute Gasteiger partial charge is 0.573 e. The zero-order chi connectivity index (χ0) is 31.1. The summed E-state index contributed by atoms with van der Waals surface area (Å²) in [5, 5.41) is 12.0. The lowest BCUT2D eigenvalue weighted by Gasteiger charge is -2.23. The van der Waals surface area contributed by atoms with E-state index in [1.54, 1.807) is 47.9 Å². The van der Waals surface area contributed by atoms with E-state index in [0.29, 0.717) is 24.6 Å². The summed E-state index contributed by atoms with van der Waals surface area (Å²) in [7, 11) is 0. The second-order valence-electron chi connectivity index (χ2n) is 9.34. The SMILES string of the molecule is CCOC(Cc1ccc(OCCN(CCCCSc2ccccc2)C(=O)Nc2ccc(OC(F)(F)F)cc2)cc1)C(=O)O. The molecule has 1 atom stereocenters. The quantitative estimate of drug-likeness (QED) is 0.123. The molecule has 2 amide bonds. The lowest BCUT2D eigenvalue weighted by atomic mass is 10.1. The summed E-state index contributed by atoms with van der Waals surface area (Å²) < 4.78 is 52.4. The Kier molecular flexibility index (Phi) is 13.5. The number of carboxylic acid groups (broad SMARTS) is 1. The molecule has 232 valence electrons. The third-order valence-corrected chi connectivity index (χ3v) is 7.18. The number of carbonyl (C=O) groups excluding carboxylic acids is 1. The van der Waals surface area contributed by atoms with Gasteiger partial charge in [0.05, 0.1) is 6.54 Å². The van der Waals surface area contributed by atoms with Gasteiger partial charge in [-0.05, 0) is 79.6 Å². The minimum Gasteiger partial charge on any atom is -0.492 e. The number of alkyl halides is 3. The molecule has 1 unspecified atom stereocenters. The molecule has 43 heavy (non-hydrogen) atoms. The topological polar surface area (TPSA) is 97.3 Å². The molecule has 0 aromatic heterocycles. The molecule has 3 aromatic rings. The number of thioether (sulfide) groups is 1. The molecule has 0 heterocycles. The van der Waals surface area contributed by atoms with Gasteiger partial charge in [-0.2, -0.15) is 0 Å². The highest BCUT2D eigenvalue weighted by molar-refractivity contribution is 7.99. The number of urea groups is 1. The number of hydrogen-bond acceptors (Lipinski definition) is 6. The van der Waals surface area contributed by atoms with Crippen molar-refractivity contribution in [3.05, 3.63) is 84.4 Å². The summed E-state index contributed by atoms with van der Waals surface area (Å²) in [5.74, 6) is 0.0421. The van der Waals surface area contributed by atoms with Gasteiger partial charge in [0.15, 0.2) is 6.10 Å². The monoisotopic (exact) mass is 620 g/mol. The Bertz CT molecular complexity index is 1260. The molecular formula is C31H35F3N2O6S. The maximum atomic E-state index is 13.1. The van der Waals surface area contributed by atoms with Crippen molar-refractivity contribution in [1.29, 1.82) is 0 Å². The fourth-order valence-corrected chi connectivity index (χ4v) is 4.93. The van der Waals surface area contributed by atoms with Gasteiger partial charge < -0.3 is 29.5 Å². The van der Waals surface area contributed by atoms with Gasteiger partial charge in [0.1, 0.15) is 18.1 Å². The van der Waals surface area contributed by atoms with Crippen LogP contribution in [-0.2, 0) is 16.0 Å². The first-order valence-corrected chi connectivity index (χ1v) is 14.8. The second-order valence-corrected chi connectivity index (χ2v) is 10.5. The van der Waals surface area contributed by atoms with E-state index < -0.39 is 24.5 Å². The highest BCUT2D eigenvalue weighted by atomic mass is 32.2. The Morgan fingerprint density at radius 1 is 0.930 bits per heavy atom. The minimum absolute atomic E-state index is 0.195. The van der Waals surface area contributed by atoms with Crippen molar-refractivity contribution in [2.45, 2.75) is 43.5 Å². The van der Waals surface area contributed by atoms with Crippen molar-refractivity contribution < 1.29 is 42.1 Å². The number of carbonyl (C=O) groups is 2. The van der Waals surface area contributed by atoms with Gasteiger partial charge in [-0.1, -0.05) is 30.3 Å². The number of amides is 2. The first-order valence-electron chi connectivity index (χ1n) is 13.8. The summed E-state index contributed by atoms with van der Waals surface area (Å²) >= 11 is 1.74. The van der Waals surface area contributed by atoms with Crippen LogP contribution in [0, 0.1) is 0 Å². The number of halogens is 3. The van der Waals surface area contributed by atoms with Crippen LogP contribution < -0.4 is 14.8 Å². The number of nitrogens with one attached hydrogen (secondary N) is 1. The molecule has 0 aliphatic rings. The van der Waals surface area contributed by atoms with E-state index in [-0.39, 0.29) is 25.3 Å². The molecular weight excluding hydrogens is 585 g/mol. The molecule has 0 radical (unpaired) electrons. The van der Waals surface area contributed by atoms with Gasteiger partial charge in [0.2, 0.25) is 0 Å². The zero-order valence-corrected chi connectivity index (χ0v) is 24.5. The Morgan fingerprint density at radius 2 is 1.60 bits per heavy atom. The average molecular weight is 621 g/mol. The molecule has 8 nitrogen and oxygen atoms in total. The summed E-state index contributed by atoms with van der Waals surface area (Å²) in [6.45, 7) is 2.95. The van der Waals surface area contributed by atoms with E-state index in [2.05, 4.69) is 10.1 Å². The number of anilines is 1.